The van der Waals surface area contributed by atoms with Crippen LogP contribution in [-0.2, 0) is 13.6 Å². The van der Waals surface area contributed by atoms with Crippen LogP contribution in [0, 0.1) is 17.4 Å². The molecule has 96 valence electrons. The first kappa shape index (κ1) is 13.1. The van der Waals surface area contributed by atoms with Crippen LogP contribution in [0.3, 0.4) is 0 Å². The molecule has 2 aromatic heterocycles. The minimum atomic E-state index is -0.132. The number of nitrogens with zero attached hydrogens (tertiary/aromatic N) is 3. The van der Waals surface area contributed by atoms with Crippen LogP contribution < -0.4 is 10.9 Å². The number of H-pyrrole nitrogens is 1. The van der Waals surface area contributed by atoms with Gasteiger partial charge in [-0.25, -0.2) is 4.98 Å². The highest BCUT2D eigenvalue weighted by Crippen LogP contribution is 2.15. The maximum absolute atomic E-state index is 11.4. The molecule has 0 fully saturated rings. The predicted octanol–water partition coefficient (Wildman–Crippen LogP) is 1.34. The lowest BCUT2D eigenvalue weighted by Gasteiger charge is -2.07. The number of nitrogens with one attached hydrogen (secondary N) is 2. The van der Waals surface area contributed by atoms with Crippen LogP contribution in [0.4, 0.5) is 5.82 Å². The Labute approximate surface area is 118 Å². The van der Waals surface area contributed by atoms with Gasteiger partial charge in [0.2, 0.25) is 0 Å². The van der Waals surface area contributed by atoms with E-state index in [0.29, 0.717) is 15.9 Å². The topological polar surface area (TPSA) is 75.6 Å². The summed E-state index contributed by atoms with van der Waals surface area (Å²) in [6.07, 6.45) is 1.40. The fourth-order valence-corrected chi connectivity index (χ4v) is 2.24. The lowest BCUT2D eigenvalue weighted by atomic mass is 10.2. The fraction of sp³-hybridized carbons (Fsp3) is 0.364. The molecule has 2 rings (SSSR count). The van der Waals surface area contributed by atoms with Crippen LogP contribution in [0.2, 0.25) is 0 Å². The molecule has 0 spiro atoms. The van der Waals surface area contributed by atoms with Gasteiger partial charge in [0.25, 0.3) is 5.56 Å². The van der Waals surface area contributed by atoms with Gasteiger partial charge >= 0.3 is 0 Å². The molecule has 0 atom stereocenters. The molecule has 0 saturated carbocycles. The summed E-state index contributed by atoms with van der Waals surface area (Å²) in [6.45, 7) is 4.60. The van der Waals surface area contributed by atoms with Gasteiger partial charge in [0.1, 0.15) is 9.39 Å². The number of aromatic nitrogens is 4. The Morgan fingerprint density at radius 3 is 2.83 bits per heavy atom. The van der Waals surface area contributed by atoms with Gasteiger partial charge in [-0.1, -0.05) is 0 Å². The van der Waals surface area contributed by atoms with Crippen LogP contribution in [0.5, 0.6) is 0 Å². The Bertz CT molecular complexity index is 631. The first-order chi connectivity index (χ1) is 8.50. The monoisotopic (exact) mass is 359 g/mol. The van der Waals surface area contributed by atoms with Gasteiger partial charge in [-0.2, -0.15) is 5.10 Å². The van der Waals surface area contributed by atoms with Gasteiger partial charge in [-0.15, -0.1) is 0 Å². The Balaban J connectivity index is 2.22. The Morgan fingerprint density at radius 1 is 1.50 bits per heavy atom. The number of aromatic amines is 1. The van der Waals surface area contributed by atoms with E-state index < -0.39 is 0 Å². The van der Waals surface area contributed by atoms with E-state index in [1.165, 1.54) is 6.33 Å². The van der Waals surface area contributed by atoms with Gasteiger partial charge in [-0.3, -0.25) is 9.48 Å². The lowest BCUT2D eigenvalue weighted by molar-refractivity contribution is 0.730. The largest absolute Gasteiger partial charge is 0.365 e. The quantitative estimate of drug-likeness (QED) is 0.811. The van der Waals surface area contributed by atoms with E-state index in [0.717, 1.165) is 17.0 Å². The van der Waals surface area contributed by atoms with Crippen molar-refractivity contribution in [2.45, 2.75) is 20.4 Å². The number of hydrogen-bond acceptors (Lipinski definition) is 4. The second-order valence-electron chi connectivity index (χ2n) is 4.02. The maximum Gasteiger partial charge on any atom is 0.266 e. The van der Waals surface area contributed by atoms with Crippen LogP contribution in [0.1, 0.15) is 17.0 Å². The number of aryl methyl sites for hydroxylation is 2. The summed E-state index contributed by atoms with van der Waals surface area (Å²) in [6, 6.07) is 0. The van der Waals surface area contributed by atoms with Gasteiger partial charge in [0, 0.05) is 24.8 Å². The summed E-state index contributed by atoms with van der Waals surface area (Å²) in [5.74, 6) is 0.599. The molecular weight excluding hydrogens is 345 g/mol. The smallest absolute Gasteiger partial charge is 0.266 e. The zero-order valence-corrected chi connectivity index (χ0v) is 12.6. The zero-order valence-electron chi connectivity index (χ0n) is 10.4. The minimum absolute atomic E-state index is 0.132. The third-order valence-electron chi connectivity index (χ3n) is 2.89. The molecule has 2 heterocycles. The number of anilines is 1. The summed E-state index contributed by atoms with van der Waals surface area (Å²) >= 11 is 1.98. The van der Waals surface area contributed by atoms with Gasteiger partial charge in [0.05, 0.1) is 12.0 Å². The third-order valence-corrected chi connectivity index (χ3v) is 3.89. The zero-order chi connectivity index (χ0) is 13.3. The van der Waals surface area contributed by atoms with Crippen molar-refractivity contribution in [3.63, 3.8) is 0 Å². The second kappa shape index (κ2) is 5.09. The number of rotatable bonds is 3. The standard InChI is InChI=1S/C11H14IN5O/c1-6-8(7(2)17(3)16-6)4-13-10-9(12)11(18)15-5-14-10/h5H,4H2,1-3H3,(H2,13,14,15,18). The average molecular weight is 359 g/mol. The van der Waals surface area contributed by atoms with Crippen molar-refractivity contribution in [2.24, 2.45) is 7.05 Å². The molecule has 0 radical (unpaired) electrons. The average Bonchev–Trinajstić information content (AvgIpc) is 2.56. The van der Waals surface area contributed by atoms with E-state index in [4.69, 9.17) is 0 Å². The third kappa shape index (κ3) is 2.40. The molecule has 2 N–H and O–H groups in total. The van der Waals surface area contributed by atoms with Crippen LogP contribution in [0.25, 0.3) is 0 Å². The highest BCUT2D eigenvalue weighted by Gasteiger charge is 2.10. The molecule has 0 bridgehead atoms. The van der Waals surface area contributed by atoms with Crippen LogP contribution >= 0.6 is 22.6 Å². The Kier molecular flexibility index (Phi) is 3.69. The second-order valence-corrected chi connectivity index (χ2v) is 5.10. The van der Waals surface area contributed by atoms with E-state index in [1.54, 1.807) is 0 Å². The predicted molar refractivity (Wildman–Crippen MR) is 77.6 cm³/mol. The summed E-state index contributed by atoms with van der Waals surface area (Å²) in [5, 5.41) is 7.52. The number of halogens is 1. The highest BCUT2D eigenvalue weighted by molar-refractivity contribution is 14.1. The van der Waals surface area contributed by atoms with Crippen molar-refractivity contribution < 1.29 is 0 Å². The van der Waals surface area contributed by atoms with Crippen LogP contribution in [-0.4, -0.2) is 19.7 Å². The molecule has 0 saturated heterocycles. The lowest BCUT2D eigenvalue weighted by Crippen LogP contribution is -2.15. The molecule has 0 amide bonds. The molecule has 18 heavy (non-hydrogen) atoms. The van der Waals surface area contributed by atoms with Crippen molar-refractivity contribution in [1.29, 1.82) is 0 Å². The van der Waals surface area contributed by atoms with Crippen molar-refractivity contribution in [2.75, 3.05) is 5.32 Å². The first-order valence-electron chi connectivity index (χ1n) is 5.47. The van der Waals surface area contributed by atoms with Crippen molar-refractivity contribution >= 4 is 28.4 Å². The molecular formula is C11H14IN5O. The molecule has 0 aliphatic heterocycles. The van der Waals surface area contributed by atoms with E-state index >= 15 is 0 Å². The van der Waals surface area contributed by atoms with E-state index in [9.17, 15) is 4.79 Å². The fourth-order valence-electron chi connectivity index (χ4n) is 1.75. The van der Waals surface area contributed by atoms with Crippen LogP contribution in [0.15, 0.2) is 11.1 Å². The molecule has 2 aromatic rings. The molecule has 0 aromatic carbocycles. The maximum atomic E-state index is 11.4. The number of hydrogen-bond donors (Lipinski definition) is 2. The van der Waals surface area contributed by atoms with Crippen molar-refractivity contribution in [3.8, 4) is 0 Å². The van der Waals surface area contributed by atoms with E-state index in [2.05, 4.69) is 20.4 Å². The Morgan fingerprint density at radius 2 is 2.22 bits per heavy atom. The highest BCUT2D eigenvalue weighted by atomic mass is 127. The molecule has 0 aliphatic carbocycles. The van der Waals surface area contributed by atoms with Crippen molar-refractivity contribution in [3.05, 3.63) is 37.2 Å². The normalized spacial score (nSPS) is 10.7. The minimum Gasteiger partial charge on any atom is -0.365 e. The van der Waals surface area contributed by atoms with Crippen molar-refractivity contribution in [1.82, 2.24) is 19.7 Å². The summed E-state index contributed by atoms with van der Waals surface area (Å²) in [7, 11) is 1.92. The molecule has 7 heteroatoms. The Hall–Kier alpha value is -1.38. The SMILES string of the molecule is Cc1nn(C)c(C)c1CNc1nc[nH]c(=O)c1I. The molecule has 0 unspecified atom stereocenters. The van der Waals surface area contributed by atoms with Gasteiger partial charge < -0.3 is 10.3 Å². The summed E-state index contributed by atoms with van der Waals surface area (Å²) < 4.78 is 2.41. The summed E-state index contributed by atoms with van der Waals surface area (Å²) in [5.41, 5.74) is 3.10. The van der Waals surface area contributed by atoms with E-state index in [-0.39, 0.29) is 5.56 Å². The van der Waals surface area contributed by atoms with E-state index in [1.807, 2.05) is 48.2 Å². The summed E-state index contributed by atoms with van der Waals surface area (Å²) in [4.78, 5) is 18.1. The molecule has 6 nitrogen and oxygen atoms in total. The molecule has 0 aliphatic rings. The first-order valence-corrected chi connectivity index (χ1v) is 6.54. The van der Waals surface area contributed by atoms with Gasteiger partial charge in [0.15, 0.2) is 0 Å². The van der Waals surface area contributed by atoms with Gasteiger partial charge in [-0.05, 0) is 36.4 Å².